The van der Waals surface area contributed by atoms with Crippen LogP contribution < -0.4 is 15.8 Å². The number of halogens is 1. The molecule has 0 fully saturated rings. The maximum absolute atomic E-state index is 13.8. The third-order valence-corrected chi connectivity index (χ3v) is 3.14. The van der Waals surface area contributed by atoms with Gasteiger partial charge in [-0.15, -0.1) is 0 Å². The molecular weight excluding hydrogens is 277 g/mol. The van der Waals surface area contributed by atoms with Gasteiger partial charge < -0.3 is 20.4 Å². The highest BCUT2D eigenvalue weighted by atomic mass is 19.1. The van der Waals surface area contributed by atoms with Crippen LogP contribution in [0.2, 0.25) is 0 Å². The van der Waals surface area contributed by atoms with E-state index in [9.17, 15) is 14.0 Å². The number of carbonyl (C=O) groups is 2. The van der Waals surface area contributed by atoms with Crippen LogP contribution in [0.1, 0.15) is 17.4 Å². The topological polar surface area (TPSA) is 86.3 Å². The zero-order valence-corrected chi connectivity index (χ0v) is 11.8. The monoisotopic (exact) mass is 293 g/mol. The summed E-state index contributed by atoms with van der Waals surface area (Å²) in [5.74, 6) is -1.23. The van der Waals surface area contributed by atoms with E-state index in [0.29, 0.717) is 24.0 Å². The van der Waals surface area contributed by atoms with Gasteiger partial charge in [0.15, 0.2) is 11.6 Å². The van der Waals surface area contributed by atoms with Crippen molar-refractivity contribution in [2.75, 3.05) is 13.7 Å². The highest BCUT2D eigenvalue weighted by Crippen LogP contribution is 2.27. The first-order valence-electron chi connectivity index (χ1n) is 6.35. The molecule has 0 unspecified atom stereocenters. The molecule has 0 saturated heterocycles. The molecule has 2 rings (SSSR count). The van der Waals surface area contributed by atoms with Crippen molar-refractivity contribution in [3.05, 3.63) is 29.7 Å². The highest BCUT2D eigenvalue weighted by Gasteiger charge is 2.16. The predicted molar refractivity (Wildman–Crippen MR) is 75.6 cm³/mol. The molecule has 6 nitrogen and oxygen atoms in total. The number of carbonyl (C=O) groups excluding carboxylic acids is 2. The Kier molecular flexibility index (Phi) is 4.11. The molecule has 0 atom stereocenters. The van der Waals surface area contributed by atoms with Crippen molar-refractivity contribution in [3.63, 3.8) is 0 Å². The number of nitrogens with one attached hydrogen (secondary N) is 1. The summed E-state index contributed by atoms with van der Waals surface area (Å²) in [6.45, 7) is 2.02. The number of amides is 2. The van der Waals surface area contributed by atoms with Crippen molar-refractivity contribution >= 4 is 22.7 Å². The van der Waals surface area contributed by atoms with E-state index in [-0.39, 0.29) is 17.4 Å². The molecule has 1 heterocycles. The Morgan fingerprint density at radius 3 is 2.67 bits per heavy atom. The SMILES string of the molecule is COc1cc2cc(C(N)=O)n(CCNC(C)=O)c2cc1F. The Labute approximate surface area is 120 Å². The third kappa shape index (κ3) is 2.96. The molecule has 7 heteroatoms. The Morgan fingerprint density at radius 2 is 2.10 bits per heavy atom. The van der Waals surface area contributed by atoms with Crippen LogP contribution >= 0.6 is 0 Å². The second-order valence-electron chi connectivity index (χ2n) is 4.57. The van der Waals surface area contributed by atoms with Crippen molar-refractivity contribution in [3.8, 4) is 5.75 Å². The zero-order valence-electron chi connectivity index (χ0n) is 11.8. The van der Waals surface area contributed by atoms with E-state index < -0.39 is 11.7 Å². The van der Waals surface area contributed by atoms with E-state index >= 15 is 0 Å². The van der Waals surface area contributed by atoms with Crippen molar-refractivity contribution in [2.24, 2.45) is 5.73 Å². The maximum atomic E-state index is 13.8. The van der Waals surface area contributed by atoms with E-state index in [4.69, 9.17) is 10.5 Å². The Hall–Kier alpha value is -2.57. The lowest BCUT2D eigenvalue weighted by Gasteiger charge is -2.10. The largest absolute Gasteiger partial charge is 0.494 e. The smallest absolute Gasteiger partial charge is 0.265 e. The number of benzene rings is 1. The molecule has 3 N–H and O–H groups in total. The van der Waals surface area contributed by atoms with Gasteiger partial charge in [-0.2, -0.15) is 0 Å². The van der Waals surface area contributed by atoms with Crippen LogP contribution in [0.25, 0.3) is 10.9 Å². The van der Waals surface area contributed by atoms with Gasteiger partial charge in [-0.25, -0.2) is 4.39 Å². The van der Waals surface area contributed by atoms with Gasteiger partial charge in [0, 0.05) is 31.5 Å². The molecule has 0 saturated carbocycles. The average molecular weight is 293 g/mol. The summed E-state index contributed by atoms with van der Waals surface area (Å²) in [6, 6.07) is 4.37. The minimum atomic E-state index is -0.617. The van der Waals surface area contributed by atoms with Gasteiger partial charge in [0.25, 0.3) is 5.91 Å². The summed E-state index contributed by atoms with van der Waals surface area (Å²) >= 11 is 0. The lowest BCUT2D eigenvalue weighted by atomic mass is 10.2. The molecular formula is C14H16FN3O3. The normalized spacial score (nSPS) is 10.6. The maximum Gasteiger partial charge on any atom is 0.265 e. The van der Waals surface area contributed by atoms with Crippen LogP contribution in [-0.4, -0.2) is 30.0 Å². The number of ether oxygens (including phenoxy) is 1. The van der Waals surface area contributed by atoms with Crippen molar-refractivity contribution in [2.45, 2.75) is 13.5 Å². The number of aromatic nitrogens is 1. The molecule has 0 bridgehead atoms. The van der Waals surface area contributed by atoms with E-state index in [1.807, 2.05) is 0 Å². The first kappa shape index (κ1) is 14.8. The molecule has 0 aliphatic rings. The van der Waals surface area contributed by atoms with Gasteiger partial charge in [0.05, 0.1) is 12.6 Å². The third-order valence-electron chi connectivity index (χ3n) is 3.14. The molecule has 2 amide bonds. The second-order valence-corrected chi connectivity index (χ2v) is 4.57. The van der Waals surface area contributed by atoms with Gasteiger partial charge in [-0.05, 0) is 12.1 Å². The number of nitrogens with zero attached hydrogens (tertiary/aromatic N) is 1. The summed E-state index contributed by atoms with van der Waals surface area (Å²) in [7, 11) is 1.37. The zero-order chi connectivity index (χ0) is 15.6. The van der Waals surface area contributed by atoms with Gasteiger partial charge in [0.2, 0.25) is 5.91 Å². The highest BCUT2D eigenvalue weighted by molar-refractivity contribution is 5.98. The number of hydrogen-bond acceptors (Lipinski definition) is 3. The van der Waals surface area contributed by atoms with E-state index in [1.165, 1.54) is 26.2 Å². The molecule has 2 aromatic rings. The molecule has 1 aromatic carbocycles. The van der Waals surface area contributed by atoms with Crippen LogP contribution in [-0.2, 0) is 11.3 Å². The van der Waals surface area contributed by atoms with E-state index in [2.05, 4.69) is 5.32 Å². The lowest BCUT2D eigenvalue weighted by Crippen LogP contribution is -2.26. The van der Waals surface area contributed by atoms with Gasteiger partial charge in [-0.3, -0.25) is 9.59 Å². The minimum absolute atomic E-state index is 0.0949. The standard InChI is InChI=1S/C14H16FN3O3/c1-8(19)17-3-4-18-11-7-10(15)13(21-2)6-9(11)5-12(18)14(16)20/h5-7H,3-4H2,1-2H3,(H2,16,20)(H,17,19). The molecule has 112 valence electrons. The Balaban J connectivity index is 2.49. The van der Waals surface area contributed by atoms with Crippen molar-refractivity contribution in [1.29, 1.82) is 0 Å². The van der Waals surface area contributed by atoms with Crippen LogP contribution in [0.4, 0.5) is 4.39 Å². The quantitative estimate of drug-likeness (QED) is 0.863. The summed E-state index contributed by atoms with van der Waals surface area (Å²) in [4.78, 5) is 22.4. The molecule has 0 aliphatic carbocycles. The summed E-state index contributed by atoms with van der Waals surface area (Å²) in [5, 5.41) is 3.26. The first-order valence-corrected chi connectivity index (χ1v) is 6.35. The summed E-state index contributed by atoms with van der Waals surface area (Å²) in [5.41, 5.74) is 6.12. The van der Waals surface area contributed by atoms with Gasteiger partial charge >= 0.3 is 0 Å². The van der Waals surface area contributed by atoms with Crippen LogP contribution in [0.5, 0.6) is 5.75 Å². The molecule has 1 aromatic heterocycles. The number of primary amides is 1. The minimum Gasteiger partial charge on any atom is -0.494 e. The Morgan fingerprint density at radius 1 is 1.38 bits per heavy atom. The Bertz CT molecular complexity index is 709. The number of fused-ring (bicyclic) bond motifs is 1. The van der Waals surface area contributed by atoms with Crippen molar-refractivity contribution < 1.29 is 18.7 Å². The van der Waals surface area contributed by atoms with Gasteiger partial charge in [0.1, 0.15) is 5.69 Å². The molecule has 21 heavy (non-hydrogen) atoms. The summed E-state index contributed by atoms with van der Waals surface area (Å²) in [6.07, 6.45) is 0. The fraction of sp³-hybridized carbons (Fsp3) is 0.286. The molecule has 0 spiro atoms. The predicted octanol–water partition coefficient (Wildman–Crippen LogP) is 1.02. The molecule has 0 radical (unpaired) electrons. The number of hydrogen-bond donors (Lipinski definition) is 2. The number of methoxy groups -OCH3 is 1. The number of nitrogens with two attached hydrogens (primary N) is 1. The van der Waals surface area contributed by atoms with Crippen LogP contribution in [0.15, 0.2) is 18.2 Å². The van der Waals surface area contributed by atoms with Gasteiger partial charge in [-0.1, -0.05) is 0 Å². The van der Waals surface area contributed by atoms with Crippen LogP contribution in [0.3, 0.4) is 0 Å². The van der Waals surface area contributed by atoms with E-state index in [1.54, 1.807) is 10.6 Å². The lowest BCUT2D eigenvalue weighted by molar-refractivity contribution is -0.118. The first-order chi connectivity index (χ1) is 9.93. The van der Waals surface area contributed by atoms with E-state index in [0.717, 1.165) is 0 Å². The average Bonchev–Trinajstić information content (AvgIpc) is 2.76. The molecule has 0 aliphatic heterocycles. The fourth-order valence-electron chi connectivity index (χ4n) is 2.21. The fourth-order valence-corrected chi connectivity index (χ4v) is 2.21. The number of rotatable bonds is 5. The second kappa shape index (κ2) is 5.82. The van der Waals surface area contributed by atoms with Crippen molar-refractivity contribution in [1.82, 2.24) is 9.88 Å². The summed E-state index contributed by atoms with van der Waals surface area (Å²) < 4.78 is 20.3. The van der Waals surface area contributed by atoms with Crippen LogP contribution in [0, 0.1) is 5.82 Å².